The molecule has 0 radical (unpaired) electrons. The van der Waals surface area contributed by atoms with Gasteiger partial charge in [-0.15, -0.1) is 0 Å². The van der Waals surface area contributed by atoms with Gasteiger partial charge in [-0.1, -0.05) is 29.8 Å². The lowest BCUT2D eigenvalue weighted by Crippen LogP contribution is -2.29. The summed E-state index contributed by atoms with van der Waals surface area (Å²) in [6.07, 6.45) is 0. The van der Waals surface area contributed by atoms with Crippen molar-refractivity contribution in [1.29, 1.82) is 0 Å². The van der Waals surface area contributed by atoms with Crippen LogP contribution in [0.2, 0.25) is 5.02 Å². The van der Waals surface area contributed by atoms with E-state index in [4.69, 9.17) is 16.3 Å². The molecule has 0 atom stereocenters. The summed E-state index contributed by atoms with van der Waals surface area (Å²) in [6, 6.07) is 14.3. The van der Waals surface area contributed by atoms with Crippen LogP contribution in [0.4, 0.5) is 0 Å². The summed E-state index contributed by atoms with van der Waals surface area (Å²) in [5.41, 5.74) is 0.559. The van der Waals surface area contributed by atoms with Crippen LogP contribution in [0.25, 0.3) is 0 Å². The molecule has 0 aliphatic carbocycles. The summed E-state index contributed by atoms with van der Waals surface area (Å²) < 4.78 is 5.69. The van der Waals surface area contributed by atoms with Gasteiger partial charge in [0, 0.05) is 11.6 Å². The molecule has 0 saturated heterocycles. The van der Waals surface area contributed by atoms with E-state index in [1.54, 1.807) is 36.4 Å². The number of carbonyl (C=O) groups is 1. The van der Waals surface area contributed by atoms with Gasteiger partial charge in [0.1, 0.15) is 11.5 Å². The normalized spacial score (nSPS) is 10.4. The fourth-order valence-corrected chi connectivity index (χ4v) is 1.88. The lowest BCUT2D eigenvalue weighted by atomic mass is 10.2. The Bertz CT molecular complexity index is 611. The molecule has 0 aromatic heterocycles. The first-order valence-corrected chi connectivity index (χ1v) is 6.77. The molecular weight excluding hydrogens is 274 g/mol. The van der Waals surface area contributed by atoms with Crippen LogP contribution in [0.1, 0.15) is 24.2 Å². The number of carbonyl (C=O) groups excluding carboxylic acids is 1. The molecule has 0 unspecified atom stereocenters. The number of hydrogen-bond acceptors (Lipinski definition) is 2. The maximum absolute atomic E-state index is 11.9. The highest BCUT2D eigenvalue weighted by Gasteiger charge is 2.09. The molecule has 2 rings (SSSR count). The molecule has 0 saturated carbocycles. The second kappa shape index (κ2) is 6.44. The standard InChI is InChI=1S/C16H16ClNO2/c1-11(2)18-16(19)12-6-5-7-13(10-12)20-15-9-4-3-8-14(15)17/h3-11H,1-2H3,(H,18,19). The number of rotatable bonds is 4. The van der Waals surface area contributed by atoms with Gasteiger partial charge >= 0.3 is 0 Å². The van der Waals surface area contributed by atoms with Gasteiger partial charge in [0.25, 0.3) is 5.91 Å². The average Bonchev–Trinajstić information content (AvgIpc) is 2.41. The fourth-order valence-electron chi connectivity index (χ4n) is 1.70. The summed E-state index contributed by atoms with van der Waals surface area (Å²) >= 11 is 6.04. The van der Waals surface area contributed by atoms with E-state index in [1.165, 1.54) is 0 Å². The Morgan fingerprint density at radius 1 is 1.15 bits per heavy atom. The van der Waals surface area contributed by atoms with E-state index in [9.17, 15) is 4.79 Å². The van der Waals surface area contributed by atoms with E-state index in [2.05, 4.69) is 5.32 Å². The van der Waals surface area contributed by atoms with Gasteiger partial charge in [-0.3, -0.25) is 4.79 Å². The number of benzene rings is 2. The van der Waals surface area contributed by atoms with Gasteiger partial charge in [0.2, 0.25) is 0 Å². The Morgan fingerprint density at radius 2 is 1.90 bits per heavy atom. The van der Waals surface area contributed by atoms with Gasteiger partial charge in [-0.05, 0) is 44.2 Å². The molecule has 4 heteroatoms. The van der Waals surface area contributed by atoms with Crippen LogP contribution < -0.4 is 10.1 Å². The molecule has 0 bridgehead atoms. The van der Waals surface area contributed by atoms with Crippen LogP contribution in [-0.4, -0.2) is 11.9 Å². The Labute approximate surface area is 123 Å². The molecule has 3 nitrogen and oxygen atoms in total. The first-order chi connectivity index (χ1) is 9.56. The van der Waals surface area contributed by atoms with Crippen molar-refractivity contribution in [3.05, 3.63) is 59.1 Å². The third-order valence-corrected chi connectivity index (χ3v) is 2.89. The second-order valence-electron chi connectivity index (χ2n) is 4.69. The number of hydrogen-bond donors (Lipinski definition) is 1. The predicted octanol–water partition coefficient (Wildman–Crippen LogP) is 4.27. The molecule has 2 aromatic rings. The number of ether oxygens (including phenoxy) is 1. The van der Waals surface area contributed by atoms with Crippen LogP contribution in [0.3, 0.4) is 0 Å². The van der Waals surface area contributed by atoms with E-state index >= 15 is 0 Å². The molecule has 104 valence electrons. The quantitative estimate of drug-likeness (QED) is 0.913. The third kappa shape index (κ3) is 3.75. The Balaban J connectivity index is 2.18. The van der Waals surface area contributed by atoms with Crippen molar-refractivity contribution in [2.45, 2.75) is 19.9 Å². The zero-order chi connectivity index (χ0) is 14.5. The molecule has 0 aliphatic heterocycles. The van der Waals surface area contributed by atoms with Crippen LogP contribution in [0, 0.1) is 0 Å². The van der Waals surface area contributed by atoms with Gasteiger partial charge in [-0.25, -0.2) is 0 Å². The summed E-state index contributed by atoms with van der Waals surface area (Å²) in [7, 11) is 0. The van der Waals surface area contributed by atoms with Crippen molar-refractivity contribution in [2.24, 2.45) is 0 Å². The Kier molecular flexibility index (Phi) is 4.64. The maximum atomic E-state index is 11.9. The van der Waals surface area contributed by atoms with Gasteiger partial charge < -0.3 is 10.1 Å². The highest BCUT2D eigenvalue weighted by atomic mass is 35.5. The predicted molar refractivity (Wildman–Crippen MR) is 80.6 cm³/mol. The monoisotopic (exact) mass is 289 g/mol. The van der Waals surface area contributed by atoms with E-state index in [1.807, 2.05) is 26.0 Å². The van der Waals surface area contributed by atoms with Crippen molar-refractivity contribution < 1.29 is 9.53 Å². The van der Waals surface area contributed by atoms with Crippen molar-refractivity contribution >= 4 is 17.5 Å². The number of amides is 1. The minimum atomic E-state index is -0.121. The fraction of sp³-hybridized carbons (Fsp3) is 0.188. The molecule has 2 aromatic carbocycles. The van der Waals surface area contributed by atoms with Crippen molar-refractivity contribution in [3.8, 4) is 11.5 Å². The zero-order valence-electron chi connectivity index (χ0n) is 11.4. The minimum absolute atomic E-state index is 0.0932. The van der Waals surface area contributed by atoms with Crippen LogP contribution in [0.5, 0.6) is 11.5 Å². The van der Waals surface area contributed by atoms with E-state index in [0.29, 0.717) is 22.1 Å². The molecule has 0 spiro atoms. The largest absolute Gasteiger partial charge is 0.456 e. The Morgan fingerprint density at radius 3 is 2.60 bits per heavy atom. The van der Waals surface area contributed by atoms with Gasteiger partial charge in [0.15, 0.2) is 0 Å². The van der Waals surface area contributed by atoms with Crippen molar-refractivity contribution in [1.82, 2.24) is 5.32 Å². The summed E-state index contributed by atoms with van der Waals surface area (Å²) in [6.45, 7) is 3.84. The smallest absolute Gasteiger partial charge is 0.251 e. The molecule has 1 N–H and O–H groups in total. The topological polar surface area (TPSA) is 38.3 Å². The molecular formula is C16H16ClNO2. The Hall–Kier alpha value is -2.00. The number of para-hydroxylation sites is 1. The van der Waals surface area contributed by atoms with Crippen molar-refractivity contribution in [3.63, 3.8) is 0 Å². The average molecular weight is 290 g/mol. The molecule has 0 fully saturated rings. The highest BCUT2D eigenvalue weighted by Crippen LogP contribution is 2.29. The summed E-state index contributed by atoms with van der Waals surface area (Å²) in [5.74, 6) is 1.02. The first-order valence-electron chi connectivity index (χ1n) is 6.39. The SMILES string of the molecule is CC(C)NC(=O)c1cccc(Oc2ccccc2Cl)c1. The van der Waals surface area contributed by atoms with Gasteiger partial charge in [0.05, 0.1) is 5.02 Å². The minimum Gasteiger partial charge on any atom is -0.456 e. The molecule has 0 aliphatic rings. The van der Waals surface area contributed by atoms with E-state index in [-0.39, 0.29) is 11.9 Å². The van der Waals surface area contributed by atoms with E-state index in [0.717, 1.165) is 0 Å². The second-order valence-corrected chi connectivity index (χ2v) is 5.10. The summed E-state index contributed by atoms with van der Waals surface area (Å²) in [5, 5.41) is 3.37. The van der Waals surface area contributed by atoms with Crippen LogP contribution >= 0.6 is 11.6 Å². The van der Waals surface area contributed by atoms with Crippen molar-refractivity contribution in [2.75, 3.05) is 0 Å². The summed E-state index contributed by atoms with van der Waals surface area (Å²) in [4.78, 5) is 11.9. The molecule has 20 heavy (non-hydrogen) atoms. The first kappa shape index (κ1) is 14.4. The lowest BCUT2D eigenvalue weighted by molar-refractivity contribution is 0.0943. The van der Waals surface area contributed by atoms with Crippen LogP contribution in [-0.2, 0) is 0 Å². The maximum Gasteiger partial charge on any atom is 0.251 e. The molecule has 0 heterocycles. The molecule has 1 amide bonds. The number of nitrogens with one attached hydrogen (secondary N) is 1. The zero-order valence-corrected chi connectivity index (χ0v) is 12.1. The van der Waals surface area contributed by atoms with E-state index < -0.39 is 0 Å². The number of halogens is 1. The third-order valence-electron chi connectivity index (χ3n) is 2.58. The lowest BCUT2D eigenvalue weighted by Gasteiger charge is -2.10. The highest BCUT2D eigenvalue weighted by molar-refractivity contribution is 6.32. The van der Waals surface area contributed by atoms with Gasteiger partial charge in [-0.2, -0.15) is 0 Å². The van der Waals surface area contributed by atoms with Crippen LogP contribution in [0.15, 0.2) is 48.5 Å².